The number of aliphatic hydroxyl groups excluding tert-OH is 1. The summed E-state index contributed by atoms with van der Waals surface area (Å²) in [5.41, 5.74) is 1.84. The van der Waals surface area contributed by atoms with E-state index in [-0.39, 0.29) is 12.0 Å². The van der Waals surface area contributed by atoms with Crippen LogP contribution in [0.3, 0.4) is 0 Å². The second kappa shape index (κ2) is 10.9. The van der Waals surface area contributed by atoms with E-state index in [9.17, 15) is 29.4 Å². The van der Waals surface area contributed by atoms with Gasteiger partial charge in [0.1, 0.15) is 6.42 Å². The lowest BCUT2D eigenvalue weighted by molar-refractivity contribution is -0.148. The average Bonchev–Trinajstić information content (AvgIpc) is 2.72. The molecule has 0 unspecified atom stereocenters. The highest BCUT2D eigenvalue weighted by Crippen LogP contribution is 2.19. The van der Waals surface area contributed by atoms with E-state index in [0.717, 1.165) is 5.56 Å². The lowest BCUT2D eigenvalue weighted by Gasteiger charge is -2.22. The Morgan fingerprint density at radius 3 is 2.26 bits per heavy atom. The van der Waals surface area contributed by atoms with Gasteiger partial charge in [-0.2, -0.15) is 0 Å². The lowest BCUT2D eigenvalue weighted by atomic mass is 10.00. The summed E-state index contributed by atoms with van der Waals surface area (Å²) in [4.78, 5) is 46.6. The van der Waals surface area contributed by atoms with Crippen molar-refractivity contribution >= 4 is 29.4 Å². The fourth-order valence-electron chi connectivity index (χ4n) is 3.01. The van der Waals surface area contributed by atoms with Gasteiger partial charge in [-0.15, -0.1) is 0 Å². The summed E-state index contributed by atoms with van der Waals surface area (Å²) in [6.45, 7) is 1.83. The largest absolute Gasteiger partial charge is 0.481 e. The number of aliphatic hydroxyl groups is 1. The number of nitrogens with one attached hydrogen (secondary N) is 2. The maximum Gasteiger partial charge on any atom is 0.334 e. The first kappa shape index (κ1) is 23.6. The third-order valence-corrected chi connectivity index (χ3v) is 4.59. The number of carbonyl (C=O) groups is 4. The van der Waals surface area contributed by atoms with Crippen LogP contribution in [0.2, 0.25) is 0 Å². The fraction of sp³-hybridized carbons (Fsp3) is 0.273. The molecule has 0 aliphatic carbocycles. The molecule has 2 amide bonds. The zero-order valence-electron chi connectivity index (χ0n) is 16.9. The quantitative estimate of drug-likeness (QED) is 0.359. The van der Waals surface area contributed by atoms with Crippen molar-refractivity contribution in [2.24, 2.45) is 0 Å². The monoisotopic (exact) mass is 428 g/mol. The van der Waals surface area contributed by atoms with Gasteiger partial charge in [0, 0.05) is 11.3 Å². The molecule has 0 bridgehead atoms. The van der Waals surface area contributed by atoms with Gasteiger partial charge in [0.15, 0.2) is 6.10 Å². The van der Waals surface area contributed by atoms with Crippen LogP contribution in [0.4, 0.5) is 5.69 Å². The van der Waals surface area contributed by atoms with E-state index >= 15 is 0 Å². The van der Waals surface area contributed by atoms with Crippen LogP contribution >= 0.6 is 0 Å². The van der Waals surface area contributed by atoms with Crippen molar-refractivity contribution in [1.29, 1.82) is 0 Å². The molecule has 0 saturated heterocycles. The van der Waals surface area contributed by atoms with E-state index in [0.29, 0.717) is 17.7 Å². The molecule has 9 nitrogen and oxygen atoms in total. The van der Waals surface area contributed by atoms with E-state index < -0.39 is 42.3 Å². The standard InChI is InChI=1S/C22H24N2O7/c1-2-14-8-9-15(11-16(14)23-18(25)12-19(26)27)21(29)24-17(20(28)22(30)31)10-13-6-4-3-5-7-13/h3-9,11,17,20,28H,2,10,12H2,1H3,(H,23,25)(H,24,29)(H,26,27)(H,30,31)/t17-,20-/m1/s1. The van der Waals surface area contributed by atoms with Gasteiger partial charge in [0.2, 0.25) is 5.91 Å². The highest BCUT2D eigenvalue weighted by atomic mass is 16.4. The molecule has 5 N–H and O–H groups in total. The molecule has 0 fully saturated rings. The van der Waals surface area contributed by atoms with Crippen LogP contribution in [-0.2, 0) is 27.2 Å². The summed E-state index contributed by atoms with van der Waals surface area (Å²) in [6.07, 6.45) is -1.92. The first-order valence-corrected chi connectivity index (χ1v) is 9.61. The molecule has 0 aliphatic heterocycles. The molecule has 0 radical (unpaired) electrons. The molecule has 0 aliphatic rings. The second-order valence-electron chi connectivity index (χ2n) is 6.90. The molecule has 2 aromatic carbocycles. The van der Waals surface area contributed by atoms with E-state index in [1.54, 1.807) is 36.4 Å². The predicted molar refractivity (Wildman–Crippen MR) is 112 cm³/mol. The van der Waals surface area contributed by atoms with Crippen molar-refractivity contribution < 1.29 is 34.5 Å². The van der Waals surface area contributed by atoms with Gasteiger partial charge in [-0.3, -0.25) is 14.4 Å². The summed E-state index contributed by atoms with van der Waals surface area (Å²) < 4.78 is 0. The Morgan fingerprint density at radius 2 is 1.68 bits per heavy atom. The van der Waals surface area contributed by atoms with Gasteiger partial charge >= 0.3 is 11.9 Å². The Balaban J connectivity index is 2.24. The Morgan fingerprint density at radius 1 is 1.00 bits per heavy atom. The Kier molecular flexibility index (Phi) is 8.27. The molecule has 0 spiro atoms. The summed E-state index contributed by atoms with van der Waals surface area (Å²) >= 11 is 0. The topological polar surface area (TPSA) is 153 Å². The Bertz CT molecular complexity index is 960. The molecule has 2 atom stereocenters. The molecule has 2 aromatic rings. The van der Waals surface area contributed by atoms with Gasteiger partial charge in [-0.25, -0.2) is 4.79 Å². The third kappa shape index (κ3) is 6.93. The van der Waals surface area contributed by atoms with Gasteiger partial charge in [-0.1, -0.05) is 43.3 Å². The van der Waals surface area contributed by atoms with Crippen molar-refractivity contribution in [2.75, 3.05) is 5.32 Å². The highest BCUT2D eigenvalue weighted by Gasteiger charge is 2.28. The second-order valence-corrected chi connectivity index (χ2v) is 6.90. The number of carbonyl (C=O) groups excluding carboxylic acids is 2. The first-order valence-electron chi connectivity index (χ1n) is 9.61. The molecule has 164 valence electrons. The molecule has 9 heteroatoms. The zero-order valence-corrected chi connectivity index (χ0v) is 16.9. The minimum absolute atomic E-state index is 0.0926. The molecular weight excluding hydrogens is 404 g/mol. The van der Waals surface area contributed by atoms with Crippen molar-refractivity contribution in [2.45, 2.75) is 38.3 Å². The molecule has 0 saturated carbocycles. The van der Waals surface area contributed by atoms with Crippen molar-refractivity contribution in [3.63, 3.8) is 0 Å². The van der Waals surface area contributed by atoms with E-state index in [1.165, 1.54) is 12.1 Å². The van der Waals surface area contributed by atoms with Crippen molar-refractivity contribution in [3.8, 4) is 0 Å². The maximum atomic E-state index is 12.8. The summed E-state index contributed by atoms with van der Waals surface area (Å²) in [7, 11) is 0. The van der Waals surface area contributed by atoms with Crippen molar-refractivity contribution in [3.05, 3.63) is 65.2 Å². The first-order chi connectivity index (χ1) is 14.7. The van der Waals surface area contributed by atoms with Gasteiger partial charge in [0.25, 0.3) is 5.91 Å². The molecule has 0 aromatic heterocycles. The smallest absolute Gasteiger partial charge is 0.334 e. The van der Waals surface area contributed by atoms with Crippen LogP contribution < -0.4 is 10.6 Å². The summed E-state index contributed by atoms with van der Waals surface area (Å²) in [5.74, 6) is -4.12. The SMILES string of the molecule is CCc1ccc(C(=O)N[C@H](Cc2ccccc2)[C@@H](O)C(=O)O)cc1NC(=O)CC(=O)O. The van der Waals surface area contributed by atoms with Crippen LogP contribution in [0, 0.1) is 0 Å². The van der Waals surface area contributed by atoms with E-state index in [4.69, 9.17) is 5.11 Å². The van der Waals surface area contributed by atoms with Crippen LogP contribution in [0.1, 0.15) is 34.8 Å². The zero-order chi connectivity index (χ0) is 23.0. The average molecular weight is 428 g/mol. The van der Waals surface area contributed by atoms with E-state index in [2.05, 4.69) is 10.6 Å². The summed E-state index contributed by atoms with van der Waals surface area (Å²) in [5, 5.41) is 33.0. The summed E-state index contributed by atoms with van der Waals surface area (Å²) in [6, 6.07) is 12.2. The Hall–Kier alpha value is -3.72. The Labute approximate surface area is 178 Å². The predicted octanol–water partition coefficient (Wildman–Crippen LogP) is 1.45. The van der Waals surface area contributed by atoms with E-state index in [1.807, 2.05) is 6.92 Å². The van der Waals surface area contributed by atoms with Gasteiger partial charge in [0.05, 0.1) is 6.04 Å². The third-order valence-electron chi connectivity index (χ3n) is 4.59. The fourth-order valence-corrected chi connectivity index (χ4v) is 3.01. The molecule has 31 heavy (non-hydrogen) atoms. The van der Waals surface area contributed by atoms with Crippen LogP contribution in [0.5, 0.6) is 0 Å². The number of carboxylic acid groups (broad SMARTS) is 2. The number of amides is 2. The maximum absolute atomic E-state index is 12.8. The van der Waals surface area contributed by atoms with Crippen LogP contribution in [0.25, 0.3) is 0 Å². The minimum Gasteiger partial charge on any atom is -0.481 e. The van der Waals surface area contributed by atoms with Crippen molar-refractivity contribution in [1.82, 2.24) is 5.32 Å². The molecule has 0 heterocycles. The van der Waals surface area contributed by atoms with Crippen LogP contribution in [-0.4, -0.2) is 51.2 Å². The highest BCUT2D eigenvalue weighted by molar-refractivity contribution is 6.03. The normalized spacial score (nSPS) is 12.5. The number of carboxylic acids is 2. The number of benzene rings is 2. The van der Waals surface area contributed by atoms with Gasteiger partial charge in [-0.05, 0) is 36.1 Å². The number of anilines is 1. The molecule has 2 rings (SSSR count). The minimum atomic E-state index is -1.83. The van der Waals surface area contributed by atoms with Gasteiger partial charge < -0.3 is 26.0 Å². The lowest BCUT2D eigenvalue weighted by Crippen LogP contribution is -2.48. The number of hydrogen-bond acceptors (Lipinski definition) is 5. The number of hydrogen-bond donors (Lipinski definition) is 5. The van der Waals surface area contributed by atoms with Crippen LogP contribution in [0.15, 0.2) is 48.5 Å². The number of rotatable bonds is 10. The number of aryl methyl sites for hydroxylation is 1. The number of aliphatic carboxylic acids is 2. The molecular formula is C22H24N2O7.